The Morgan fingerprint density at radius 1 is 0.958 bits per heavy atom. The Hall–Kier alpha value is -3.13. The molecule has 0 fully saturated rings. The van der Waals surface area contributed by atoms with E-state index in [4.69, 9.17) is 5.26 Å². The van der Waals surface area contributed by atoms with Crippen LogP contribution in [-0.4, -0.2) is 11.8 Å². The molecule has 2 aromatic carbocycles. The maximum absolute atomic E-state index is 11.9. The van der Waals surface area contributed by atoms with Crippen LogP contribution in [0.1, 0.15) is 24.0 Å². The number of carbonyl (C=O) groups excluding carboxylic acids is 2. The molecule has 0 aromatic heterocycles. The minimum Gasteiger partial charge on any atom is -0.352 e. The summed E-state index contributed by atoms with van der Waals surface area (Å²) in [6.45, 7) is 0.398. The van der Waals surface area contributed by atoms with E-state index in [1.54, 1.807) is 24.3 Å². The number of anilines is 1. The Morgan fingerprint density at radius 2 is 1.71 bits per heavy atom. The van der Waals surface area contributed by atoms with Crippen molar-refractivity contribution in [2.75, 3.05) is 5.32 Å². The summed E-state index contributed by atoms with van der Waals surface area (Å²) >= 11 is 0. The van der Waals surface area contributed by atoms with E-state index in [9.17, 15) is 9.59 Å². The topological polar surface area (TPSA) is 82.0 Å². The summed E-state index contributed by atoms with van der Waals surface area (Å²) in [6, 6.07) is 18.9. The second kappa shape index (κ2) is 9.11. The lowest BCUT2D eigenvalue weighted by Crippen LogP contribution is -2.23. The smallest absolute Gasteiger partial charge is 0.238 e. The number of benzene rings is 2. The summed E-state index contributed by atoms with van der Waals surface area (Å²) in [6.07, 6.45) is 0.958. The first-order valence-electron chi connectivity index (χ1n) is 7.74. The van der Waals surface area contributed by atoms with Crippen molar-refractivity contribution in [3.63, 3.8) is 0 Å². The monoisotopic (exact) mass is 321 g/mol. The lowest BCUT2D eigenvalue weighted by Gasteiger charge is -2.08. The summed E-state index contributed by atoms with van der Waals surface area (Å²) in [5.41, 5.74) is 2.64. The van der Waals surface area contributed by atoms with E-state index in [1.165, 1.54) is 0 Å². The number of carbonyl (C=O) groups is 2. The summed E-state index contributed by atoms with van der Waals surface area (Å²) in [5, 5.41) is 14.0. The van der Waals surface area contributed by atoms with Gasteiger partial charge in [-0.2, -0.15) is 5.26 Å². The third-order valence-corrected chi connectivity index (χ3v) is 3.42. The molecule has 2 N–H and O–H groups in total. The number of amides is 2. The number of aryl methyl sites for hydroxylation is 1. The van der Waals surface area contributed by atoms with Gasteiger partial charge in [-0.1, -0.05) is 42.5 Å². The van der Waals surface area contributed by atoms with Gasteiger partial charge in [0.25, 0.3) is 0 Å². The molecule has 2 aromatic rings. The molecule has 2 rings (SSSR count). The van der Waals surface area contributed by atoms with E-state index in [-0.39, 0.29) is 18.2 Å². The summed E-state index contributed by atoms with van der Waals surface area (Å²) < 4.78 is 0. The molecule has 0 saturated heterocycles. The summed E-state index contributed by atoms with van der Waals surface area (Å²) in [4.78, 5) is 23.3. The van der Waals surface area contributed by atoms with Gasteiger partial charge < -0.3 is 10.6 Å². The standard InChI is InChI=1S/C19H19N3O2/c20-12-11-19(24)22-17-8-4-7-16(13-17)14-21-18(23)10-9-15-5-2-1-3-6-15/h1-8,13H,9-11,14H2,(H,21,23)(H,22,24). The molecule has 0 aliphatic rings. The van der Waals surface area contributed by atoms with Gasteiger partial charge in [0.1, 0.15) is 6.42 Å². The fourth-order valence-electron chi connectivity index (χ4n) is 2.23. The Kier molecular flexibility index (Phi) is 6.54. The van der Waals surface area contributed by atoms with Crippen molar-refractivity contribution >= 4 is 17.5 Å². The maximum Gasteiger partial charge on any atom is 0.238 e. The molecule has 24 heavy (non-hydrogen) atoms. The van der Waals surface area contributed by atoms with Gasteiger partial charge in [-0.15, -0.1) is 0 Å². The van der Waals surface area contributed by atoms with Crippen molar-refractivity contribution in [3.05, 3.63) is 65.7 Å². The number of nitrogens with one attached hydrogen (secondary N) is 2. The third-order valence-electron chi connectivity index (χ3n) is 3.42. The molecule has 0 unspecified atom stereocenters. The molecular formula is C19H19N3O2. The molecule has 0 radical (unpaired) electrons. The predicted molar refractivity (Wildman–Crippen MR) is 91.9 cm³/mol. The first-order chi connectivity index (χ1) is 11.7. The fraction of sp³-hybridized carbons (Fsp3) is 0.211. The molecule has 0 aliphatic heterocycles. The molecule has 0 heterocycles. The zero-order chi connectivity index (χ0) is 17.2. The van der Waals surface area contributed by atoms with Crippen LogP contribution >= 0.6 is 0 Å². The summed E-state index contributed by atoms with van der Waals surface area (Å²) in [7, 11) is 0. The minimum absolute atomic E-state index is 0.0160. The number of nitrogens with zero attached hydrogens (tertiary/aromatic N) is 1. The van der Waals surface area contributed by atoms with Gasteiger partial charge in [0.2, 0.25) is 11.8 Å². The number of hydrogen-bond donors (Lipinski definition) is 2. The molecule has 0 bridgehead atoms. The number of hydrogen-bond acceptors (Lipinski definition) is 3. The highest BCUT2D eigenvalue weighted by molar-refractivity contribution is 5.92. The lowest BCUT2D eigenvalue weighted by atomic mass is 10.1. The SMILES string of the molecule is N#CCC(=O)Nc1cccc(CNC(=O)CCc2ccccc2)c1. The molecule has 122 valence electrons. The molecule has 0 saturated carbocycles. The van der Waals surface area contributed by atoms with Gasteiger partial charge in [0, 0.05) is 18.7 Å². The van der Waals surface area contributed by atoms with Crippen molar-refractivity contribution in [1.29, 1.82) is 5.26 Å². The van der Waals surface area contributed by atoms with E-state index >= 15 is 0 Å². The van der Waals surface area contributed by atoms with Crippen molar-refractivity contribution in [2.24, 2.45) is 0 Å². The van der Waals surface area contributed by atoms with Crippen LogP contribution in [0.15, 0.2) is 54.6 Å². The largest absolute Gasteiger partial charge is 0.352 e. The highest BCUT2D eigenvalue weighted by atomic mass is 16.2. The first-order valence-corrected chi connectivity index (χ1v) is 7.74. The van der Waals surface area contributed by atoms with E-state index in [0.717, 1.165) is 11.1 Å². The van der Waals surface area contributed by atoms with Crippen LogP contribution in [0.5, 0.6) is 0 Å². The zero-order valence-electron chi connectivity index (χ0n) is 13.3. The molecule has 0 aliphatic carbocycles. The van der Waals surface area contributed by atoms with Crippen molar-refractivity contribution in [1.82, 2.24) is 5.32 Å². The Morgan fingerprint density at radius 3 is 2.46 bits per heavy atom. The van der Waals surface area contributed by atoms with Crippen molar-refractivity contribution < 1.29 is 9.59 Å². The molecule has 2 amide bonds. The van der Waals surface area contributed by atoms with Gasteiger partial charge in [-0.05, 0) is 29.7 Å². The van der Waals surface area contributed by atoms with Crippen LogP contribution in [0, 0.1) is 11.3 Å². The Balaban J connectivity index is 1.80. The highest BCUT2D eigenvalue weighted by Crippen LogP contribution is 2.11. The average molecular weight is 321 g/mol. The van der Waals surface area contributed by atoms with Crippen LogP contribution in [0.4, 0.5) is 5.69 Å². The van der Waals surface area contributed by atoms with Crippen LogP contribution in [0.25, 0.3) is 0 Å². The van der Waals surface area contributed by atoms with E-state index < -0.39 is 0 Å². The predicted octanol–water partition coefficient (Wildman–Crippen LogP) is 2.79. The number of rotatable bonds is 7. The first kappa shape index (κ1) is 17.2. The second-order valence-electron chi connectivity index (χ2n) is 5.35. The number of nitriles is 1. The molecule has 5 heteroatoms. The van der Waals surface area contributed by atoms with Gasteiger partial charge in [0.05, 0.1) is 6.07 Å². The van der Waals surface area contributed by atoms with Gasteiger partial charge in [0.15, 0.2) is 0 Å². The van der Waals surface area contributed by atoms with Crippen molar-refractivity contribution in [2.45, 2.75) is 25.8 Å². The molecule has 0 spiro atoms. The van der Waals surface area contributed by atoms with Crippen molar-refractivity contribution in [3.8, 4) is 6.07 Å². The average Bonchev–Trinajstić information content (AvgIpc) is 2.59. The maximum atomic E-state index is 11.9. The molecule has 0 atom stereocenters. The quantitative estimate of drug-likeness (QED) is 0.822. The Labute approximate surface area is 141 Å². The van der Waals surface area contributed by atoms with E-state index in [0.29, 0.717) is 25.1 Å². The fourth-order valence-corrected chi connectivity index (χ4v) is 2.23. The highest BCUT2D eigenvalue weighted by Gasteiger charge is 2.04. The molecule has 5 nitrogen and oxygen atoms in total. The van der Waals surface area contributed by atoms with Gasteiger partial charge in [-0.3, -0.25) is 9.59 Å². The van der Waals surface area contributed by atoms with Crippen LogP contribution in [0.3, 0.4) is 0 Å². The normalized spacial score (nSPS) is 9.79. The van der Waals surface area contributed by atoms with Crippen LogP contribution in [-0.2, 0) is 22.6 Å². The van der Waals surface area contributed by atoms with Crippen LogP contribution < -0.4 is 10.6 Å². The van der Waals surface area contributed by atoms with Gasteiger partial charge in [-0.25, -0.2) is 0 Å². The lowest BCUT2D eigenvalue weighted by molar-refractivity contribution is -0.121. The van der Waals surface area contributed by atoms with Crippen LogP contribution in [0.2, 0.25) is 0 Å². The van der Waals surface area contributed by atoms with E-state index in [2.05, 4.69) is 10.6 Å². The van der Waals surface area contributed by atoms with Gasteiger partial charge >= 0.3 is 0 Å². The molecular weight excluding hydrogens is 302 g/mol. The third kappa shape index (κ3) is 5.93. The summed E-state index contributed by atoms with van der Waals surface area (Å²) in [5.74, 6) is -0.362. The minimum atomic E-state index is -0.346. The van der Waals surface area contributed by atoms with E-state index in [1.807, 2.05) is 36.4 Å². The second-order valence-corrected chi connectivity index (χ2v) is 5.35. The Bertz CT molecular complexity index is 736. The zero-order valence-corrected chi connectivity index (χ0v) is 13.3.